The maximum Gasteiger partial charge on any atom is 0.276 e. The maximum absolute atomic E-state index is 12.9. The highest BCUT2D eigenvalue weighted by Crippen LogP contribution is 2.27. The molecule has 2 aromatic rings. The van der Waals surface area contributed by atoms with Gasteiger partial charge in [-0.25, -0.2) is 4.68 Å². The van der Waals surface area contributed by atoms with Gasteiger partial charge >= 0.3 is 0 Å². The molecule has 4 rings (SSSR count). The summed E-state index contributed by atoms with van der Waals surface area (Å²) in [7, 11) is 0. The van der Waals surface area contributed by atoms with Gasteiger partial charge in [0.1, 0.15) is 6.10 Å². The number of carbonyl (C=O) groups is 1. The van der Waals surface area contributed by atoms with Crippen molar-refractivity contribution in [1.29, 1.82) is 0 Å². The topological polar surface area (TPSA) is 72.3 Å². The number of carbonyl (C=O) groups excluding carboxylic acids is 1. The van der Waals surface area contributed by atoms with E-state index in [1.165, 1.54) is 0 Å². The molecular weight excluding hydrogens is 338 g/mol. The molecule has 25 heavy (non-hydrogen) atoms. The van der Waals surface area contributed by atoms with E-state index < -0.39 is 0 Å². The highest BCUT2D eigenvalue weighted by molar-refractivity contribution is 7.07. The van der Waals surface area contributed by atoms with Crippen molar-refractivity contribution in [2.45, 2.75) is 38.0 Å². The number of nitrogens with one attached hydrogen (secondary N) is 1. The zero-order chi connectivity index (χ0) is 17.2. The summed E-state index contributed by atoms with van der Waals surface area (Å²) in [6.07, 6.45) is 3.77. The van der Waals surface area contributed by atoms with Crippen LogP contribution < -0.4 is 5.32 Å². The van der Waals surface area contributed by atoms with Crippen LogP contribution in [0.3, 0.4) is 0 Å². The standard InChI is InChI=1S/C17H23N5O2S/c1-12-8-21(10-16(24-12)13-4-7-25-11-13)17(23)15-9-22(20-19-15)14-2-5-18-6-3-14/h4,7,9,11-12,14,16,18H,2-3,5-6,8,10H2,1H3/t12-,16+/m1/s1. The second kappa shape index (κ2) is 7.23. The quantitative estimate of drug-likeness (QED) is 0.904. The first-order valence-electron chi connectivity index (χ1n) is 8.80. The molecule has 2 saturated heterocycles. The summed E-state index contributed by atoms with van der Waals surface area (Å²) in [5, 5.41) is 15.8. The van der Waals surface area contributed by atoms with Crippen LogP contribution >= 0.6 is 11.3 Å². The zero-order valence-electron chi connectivity index (χ0n) is 14.3. The molecule has 0 spiro atoms. The van der Waals surface area contributed by atoms with Gasteiger partial charge in [-0.3, -0.25) is 4.79 Å². The van der Waals surface area contributed by atoms with Crippen LogP contribution in [0.5, 0.6) is 0 Å². The van der Waals surface area contributed by atoms with E-state index in [0.717, 1.165) is 31.5 Å². The predicted molar refractivity (Wildman–Crippen MR) is 94.7 cm³/mol. The van der Waals surface area contributed by atoms with E-state index in [-0.39, 0.29) is 18.1 Å². The number of amides is 1. The first kappa shape index (κ1) is 16.7. The zero-order valence-corrected chi connectivity index (χ0v) is 15.1. The molecule has 0 aromatic carbocycles. The first-order chi connectivity index (χ1) is 12.2. The van der Waals surface area contributed by atoms with Crippen molar-refractivity contribution in [3.05, 3.63) is 34.3 Å². The SMILES string of the molecule is C[C@@H]1CN(C(=O)c2cn(C3CCNCC3)nn2)C[C@@H](c2ccsc2)O1. The smallest absolute Gasteiger partial charge is 0.276 e. The van der Waals surface area contributed by atoms with Crippen molar-refractivity contribution in [3.63, 3.8) is 0 Å². The molecule has 8 heteroatoms. The highest BCUT2D eigenvalue weighted by atomic mass is 32.1. The Kier molecular flexibility index (Phi) is 4.82. The average Bonchev–Trinajstić information content (AvgIpc) is 3.33. The molecule has 2 aliphatic heterocycles. The van der Waals surface area contributed by atoms with Crippen LogP contribution in [0.15, 0.2) is 23.0 Å². The minimum Gasteiger partial charge on any atom is -0.367 e. The number of ether oxygens (including phenoxy) is 1. The second-order valence-corrected chi connectivity index (χ2v) is 7.55. The van der Waals surface area contributed by atoms with Crippen molar-refractivity contribution >= 4 is 17.2 Å². The Labute approximate surface area is 151 Å². The van der Waals surface area contributed by atoms with Crippen LogP contribution in [0, 0.1) is 0 Å². The van der Waals surface area contributed by atoms with E-state index in [4.69, 9.17) is 4.74 Å². The summed E-state index contributed by atoms with van der Waals surface area (Å²) < 4.78 is 7.87. The van der Waals surface area contributed by atoms with Gasteiger partial charge in [0, 0.05) is 6.54 Å². The molecule has 2 aromatic heterocycles. The predicted octanol–water partition coefficient (Wildman–Crippen LogP) is 1.87. The van der Waals surface area contributed by atoms with Crippen molar-refractivity contribution in [2.24, 2.45) is 0 Å². The third-order valence-electron chi connectivity index (χ3n) is 4.87. The molecule has 2 atom stereocenters. The van der Waals surface area contributed by atoms with Gasteiger partial charge < -0.3 is 15.0 Å². The Morgan fingerprint density at radius 2 is 2.20 bits per heavy atom. The van der Waals surface area contributed by atoms with Crippen LogP contribution in [-0.2, 0) is 4.74 Å². The molecule has 1 N–H and O–H groups in total. The van der Waals surface area contributed by atoms with Gasteiger partial charge in [-0.1, -0.05) is 5.21 Å². The molecule has 4 heterocycles. The Balaban J connectivity index is 1.47. The van der Waals surface area contributed by atoms with Crippen LogP contribution in [0.1, 0.15) is 48.0 Å². The number of hydrogen-bond donors (Lipinski definition) is 1. The van der Waals surface area contributed by atoms with Crippen molar-refractivity contribution < 1.29 is 9.53 Å². The molecular formula is C17H23N5O2S. The third-order valence-corrected chi connectivity index (χ3v) is 5.58. The van der Waals surface area contributed by atoms with E-state index in [2.05, 4.69) is 27.1 Å². The number of hydrogen-bond acceptors (Lipinski definition) is 6. The summed E-state index contributed by atoms with van der Waals surface area (Å²) in [6, 6.07) is 2.39. The number of piperidine rings is 1. The summed E-state index contributed by atoms with van der Waals surface area (Å²) in [6.45, 7) is 5.11. The highest BCUT2D eigenvalue weighted by Gasteiger charge is 2.31. The summed E-state index contributed by atoms with van der Waals surface area (Å²) in [4.78, 5) is 14.7. The Morgan fingerprint density at radius 1 is 1.36 bits per heavy atom. The number of nitrogens with zero attached hydrogens (tertiary/aromatic N) is 4. The van der Waals surface area contributed by atoms with Crippen molar-refractivity contribution in [1.82, 2.24) is 25.2 Å². The monoisotopic (exact) mass is 361 g/mol. The minimum absolute atomic E-state index is 0.00191. The minimum atomic E-state index is -0.0709. The van der Waals surface area contributed by atoms with Gasteiger partial charge in [0.05, 0.1) is 24.9 Å². The molecule has 7 nitrogen and oxygen atoms in total. The Bertz CT molecular complexity index is 710. The largest absolute Gasteiger partial charge is 0.367 e. The summed E-state index contributed by atoms with van der Waals surface area (Å²) in [5.41, 5.74) is 1.56. The van der Waals surface area contributed by atoms with Crippen molar-refractivity contribution in [2.75, 3.05) is 26.2 Å². The van der Waals surface area contributed by atoms with Crippen LogP contribution in [0.2, 0.25) is 0 Å². The van der Waals surface area contributed by atoms with Crippen LogP contribution in [0.25, 0.3) is 0 Å². The number of rotatable bonds is 3. The van der Waals surface area contributed by atoms with Gasteiger partial charge in [-0.15, -0.1) is 5.10 Å². The molecule has 2 aliphatic rings. The normalized spacial score (nSPS) is 25.2. The maximum atomic E-state index is 12.9. The van der Waals surface area contributed by atoms with Gasteiger partial charge in [0.15, 0.2) is 5.69 Å². The fourth-order valence-electron chi connectivity index (χ4n) is 3.55. The average molecular weight is 361 g/mol. The number of aromatic nitrogens is 3. The van der Waals surface area contributed by atoms with Gasteiger partial charge in [-0.05, 0) is 55.2 Å². The Hall–Kier alpha value is -1.77. The molecule has 0 radical (unpaired) electrons. The number of morpholine rings is 1. The Morgan fingerprint density at radius 3 is 2.96 bits per heavy atom. The van der Waals surface area contributed by atoms with E-state index in [9.17, 15) is 4.79 Å². The van der Waals surface area contributed by atoms with Gasteiger partial charge in [0.2, 0.25) is 0 Å². The lowest BCUT2D eigenvalue weighted by molar-refractivity contribution is -0.0691. The molecule has 0 bridgehead atoms. The summed E-state index contributed by atoms with van der Waals surface area (Å²) >= 11 is 1.65. The summed E-state index contributed by atoms with van der Waals surface area (Å²) in [5.74, 6) is -0.0597. The van der Waals surface area contributed by atoms with E-state index >= 15 is 0 Å². The van der Waals surface area contributed by atoms with Crippen LogP contribution in [0.4, 0.5) is 0 Å². The lowest BCUT2D eigenvalue weighted by Crippen LogP contribution is -2.46. The van der Waals surface area contributed by atoms with Crippen LogP contribution in [-0.4, -0.2) is 58.1 Å². The fourth-order valence-corrected chi connectivity index (χ4v) is 4.25. The number of thiophene rings is 1. The van der Waals surface area contributed by atoms with E-state index in [1.807, 2.05) is 21.9 Å². The van der Waals surface area contributed by atoms with Crippen molar-refractivity contribution in [3.8, 4) is 0 Å². The molecule has 1 amide bonds. The molecule has 2 fully saturated rings. The van der Waals surface area contributed by atoms with Gasteiger partial charge in [-0.2, -0.15) is 11.3 Å². The van der Waals surface area contributed by atoms with Gasteiger partial charge in [0.25, 0.3) is 5.91 Å². The lowest BCUT2D eigenvalue weighted by atomic mass is 10.1. The molecule has 0 saturated carbocycles. The van der Waals surface area contributed by atoms with E-state index in [1.54, 1.807) is 17.5 Å². The fraction of sp³-hybridized carbons (Fsp3) is 0.588. The molecule has 134 valence electrons. The second-order valence-electron chi connectivity index (χ2n) is 6.77. The first-order valence-corrected chi connectivity index (χ1v) is 9.74. The third kappa shape index (κ3) is 3.61. The van der Waals surface area contributed by atoms with E-state index in [0.29, 0.717) is 24.8 Å². The molecule has 0 aliphatic carbocycles. The lowest BCUT2D eigenvalue weighted by Gasteiger charge is -2.36. The molecule has 0 unspecified atom stereocenters.